The molecule has 1 aliphatic rings. The molecule has 0 aromatic carbocycles. The highest BCUT2D eigenvalue weighted by Gasteiger charge is 2.30. The molecule has 0 aliphatic heterocycles. The number of hydrogen-bond acceptors (Lipinski definition) is 3. The second-order valence-corrected chi connectivity index (χ2v) is 5.44. The lowest BCUT2D eigenvalue weighted by atomic mass is 9.84. The molecular formula is C13H27NO2. The zero-order chi connectivity index (χ0) is 12.0. The second-order valence-electron chi connectivity index (χ2n) is 5.44. The van der Waals surface area contributed by atoms with Crippen molar-refractivity contribution in [3.05, 3.63) is 0 Å². The Hall–Kier alpha value is -0.120. The third-order valence-corrected chi connectivity index (χ3v) is 3.27. The Kier molecular flexibility index (Phi) is 5.73. The molecule has 0 spiro atoms. The second kappa shape index (κ2) is 6.58. The van der Waals surface area contributed by atoms with Gasteiger partial charge in [-0.05, 0) is 33.7 Å². The number of ether oxygens (including phenoxy) is 1. The predicted octanol–water partition coefficient (Wildman–Crippen LogP) is 2.04. The van der Waals surface area contributed by atoms with Crippen molar-refractivity contribution in [2.24, 2.45) is 0 Å². The van der Waals surface area contributed by atoms with Crippen molar-refractivity contribution in [1.29, 1.82) is 0 Å². The van der Waals surface area contributed by atoms with Crippen LogP contribution in [-0.2, 0) is 4.74 Å². The van der Waals surface area contributed by atoms with Gasteiger partial charge >= 0.3 is 0 Å². The van der Waals surface area contributed by atoms with E-state index in [4.69, 9.17) is 4.74 Å². The molecule has 0 amide bonds. The van der Waals surface area contributed by atoms with E-state index in [0.29, 0.717) is 6.10 Å². The summed E-state index contributed by atoms with van der Waals surface area (Å²) in [5, 5.41) is 10.4. The summed E-state index contributed by atoms with van der Waals surface area (Å²) in [7, 11) is 2.07. The van der Waals surface area contributed by atoms with Crippen molar-refractivity contribution in [2.45, 2.75) is 57.7 Å². The minimum Gasteiger partial charge on any atom is -0.389 e. The molecule has 0 atom stereocenters. The molecule has 3 nitrogen and oxygen atoms in total. The normalized spacial score (nSPS) is 20.6. The van der Waals surface area contributed by atoms with Gasteiger partial charge in [0.05, 0.1) is 18.3 Å². The third kappa shape index (κ3) is 5.28. The smallest absolute Gasteiger partial charge is 0.0774 e. The van der Waals surface area contributed by atoms with Crippen LogP contribution in [0.3, 0.4) is 0 Å². The van der Waals surface area contributed by atoms with Crippen LogP contribution in [0.25, 0.3) is 0 Å². The Morgan fingerprint density at radius 3 is 2.44 bits per heavy atom. The molecule has 1 N–H and O–H groups in total. The summed E-state index contributed by atoms with van der Waals surface area (Å²) in [6, 6.07) is 0. The Labute approximate surface area is 99.8 Å². The highest BCUT2D eigenvalue weighted by atomic mass is 16.5. The molecule has 96 valence electrons. The van der Waals surface area contributed by atoms with E-state index in [9.17, 15) is 5.11 Å². The van der Waals surface area contributed by atoms with E-state index in [-0.39, 0.29) is 0 Å². The Morgan fingerprint density at radius 2 is 1.88 bits per heavy atom. The highest BCUT2D eigenvalue weighted by molar-refractivity contribution is 4.84. The van der Waals surface area contributed by atoms with Crippen molar-refractivity contribution in [2.75, 3.05) is 26.7 Å². The average molecular weight is 229 g/mol. The van der Waals surface area contributed by atoms with E-state index in [1.165, 1.54) is 19.3 Å². The molecule has 16 heavy (non-hydrogen) atoms. The van der Waals surface area contributed by atoms with Gasteiger partial charge in [0.15, 0.2) is 0 Å². The van der Waals surface area contributed by atoms with Gasteiger partial charge in [-0.15, -0.1) is 0 Å². The molecule has 0 saturated heterocycles. The van der Waals surface area contributed by atoms with E-state index in [1.807, 2.05) is 0 Å². The Morgan fingerprint density at radius 1 is 1.25 bits per heavy atom. The minimum absolute atomic E-state index is 0.297. The first-order chi connectivity index (χ1) is 7.52. The SMILES string of the molecule is CC(C)OCCN(C)CC1(O)CCCCC1. The molecule has 0 heterocycles. The van der Waals surface area contributed by atoms with Gasteiger partial charge in [0.1, 0.15) is 0 Å². The summed E-state index contributed by atoms with van der Waals surface area (Å²) < 4.78 is 5.51. The topological polar surface area (TPSA) is 32.7 Å². The molecule has 0 unspecified atom stereocenters. The zero-order valence-electron chi connectivity index (χ0n) is 11.0. The van der Waals surface area contributed by atoms with E-state index < -0.39 is 5.60 Å². The fourth-order valence-corrected chi connectivity index (χ4v) is 2.39. The number of aliphatic hydroxyl groups is 1. The monoisotopic (exact) mass is 229 g/mol. The van der Waals surface area contributed by atoms with Gasteiger partial charge in [-0.2, -0.15) is 0 Å². The first kappa shape index (κ1) is 13.9. The quantitative estimate of drug-likeness (QED) is 0.756. The number of hydrogen-bond donors (Lipinski definition) is 1. The number of likely N-dealkylation sites (N-methyl/N-ethyl adjacent to an activating group) is 1. The summed E-state index contributed by atoms with van der Waals surface area (Å²) in [4.78, 5) is 2.19. The van der Waals surface area contributed by atoms with Crippen LogP contribution in [0.2, 0.25) is 0 Å². The van der Waals surface area contributed by atoms with Crippen LogP contribution in [0, 0.1) is 0 Å². The molecule has 1 aliphatic carbocycles. The van der Waals surface area contributed by atoms with Crippen LogP contribution in [0.5, 0.6) is 0 Å². The summed E-state index contributed by atoms with van der Waals surface area (Å²) in [6.07, 6.45) is 5.85. The van der Waals surface area contributed by atoms with Gasteiger partial charge in [-0.1, -0.05) is 19.3 Å². The van der Waals surface area contributed by atoms with Gasteiger partial charge in [0.2, 0.25) is 0 Å². The molecule has 0 radical (unpaired) electrons. The van der Waals surface area contributed by atoms with Gasteiger partial charge in [-0.3, -0.25) is 0 Å². The van der Waals surface area contributed by atoms with Crippen molar-refractivity contribution < 1.29 is 9.84 Å². The molecule has 1 saturated carbocycles. The first-order valence-electron chi connectivity index (χ1n) is 6.54. The fourth-order valence-electron chi connectivity index (χ4n) is 2.39. The molecule has 0 aromatic rings. The Balaban J connectivity index is 2.19. The van der Waals surface area contributed by atoms with Crippen molar-refractivity contribution >= 4 is 0 Å². The minimum atomic E-state index is -0.440. The van der Waals surface area contributed by atoms with Crippen LogP contribution >= 0.6 is 0 Å². The lowest BCUT2D eigenvalue weighted by Gasteiger charge is -2.35. The zero-order valence-corrected chi connectivity index (χ0v) is 11.0. The lowest BCUT2D eigenvalue weighted by molar-refractivity contribution is -0.0278. The molecule has 1 rings (SSSR count). The first-order valence-corrected chi connectivity index (χ1v) is 6.54. The van der Waals surface area contributed by atoms with Crippen molar-refractivity contribution in [1.82, 2.24) is 4.90 Å². The van der Waals surface area contributed by atoms with E-state index in [1.54, 1.807) is 0 Å². The number of rotatable bonds is 6. The van der Waals surface area contributed by atoms with Gasteiger partial charge in [0, 0.05) is 13.1 Å². The Bertz CT molecular complexity index is 188. The predicted molar refractivity (Wildman–Crippen MR) is 66.6 cm³/mol. The van der Waals surface area contributed by atoms with Crippen molar-refractivity contribution in [3.63, 3.8) is 0 Å². The molecule has 1 fully saturated rings. The van der Waals surface area contributed by atoms with Crippen LogP contribution in [0.4, 0.5) is 0 Å². The fraction of sp³-hybridized carbons (Fsp3) is 1.00. The van der Waals surface area contributed by atoms with E-state index in [2.05, 4.69) is 25.8 Å². The average Bonchev–Trinajstić information content (AvgIpc) is 2.17. The van der Waals surface area contributed by atoms with Crippen LogP contribution in [0.15, 0.2) is 0 Å². The van der Waals surface area contributed by atoms with Gasteiger partial charge < -0.3 is 14.7 Å². The molecule has 3 heteroatoms. The summed E-state index contributed by atoms with van der Waals surface area (Å²) in [6.45, 7) is 6.54. The maximum absolute atomic E-state index is 10.4. The molecule has 0 aromatic heterocycles. The summed E-state index contributed by atoms with van der Waals surface area (Å²) in [5.41, 5.74) is -0.440. The largest absolute Gasteiger partial charge is 0.389 e. The van der Waals surface area contributed by atoms with Crippen molar-refractivity contribution in [3.8, 4) is 0 Å². The lowest BCUT2D eigenvalue weighted by Crippen LogP contribution is -2.44. The maximum atomic E-state index is 10.4. The number of nitrogens with zero attached hydrogens (tertiary/aromatic N) is 1. The molecular weight excluding hydrogens is 202 g/mol. The molecule has 0 bridgehead atoms. The van der Waals surface area contributed by atoms with Crippen LogP contribution in [-0.4, -0.2) is 48.5 Å². The summed E-state index contributed by atoms with van der Waals surface area (Å²) in [5.74, 6) is 0. The summed E-state index contributed by atoms with van der Waals surface area (Å²) >= 11 is 0. The van der Waals surface area contributed by atoms with Crippen LogP contribution in [0.1, 0.15) is 46.0 Å². The third-order valence-electron chi connectivity index (χ3n) is 3.27. The highest BCUT2D eigenvalue weighted by Crippen LogP contribution is 2.28. The maximum Gasteiger partial charge on any atom is 0.0774 e. The van der Waals surface area contributed by atoms with Gasteiger partial charge in [0.25, 0.3) is 0 Å². The van der Waals surface area contributed by atoms with E-state index in [0.717, 1.165) is 32.5 Å². The van der Waals surface area contributed by atoms with E-state index >= 15 is 0 Å². The standard InChI is InChI=1S/C13H27NO2/c1-12(2)16-10-9-14(3)11-13(15)7-5-4-6-8-13/h12,15H,4-11H2,1-3H3. The van der Waals surface area contributed by atoms with Crippen LogP contribution < -0.4 is 0 Å². The van der Waals surface area contributed by atoms with Gasteiger partial charge in [-0.25, -0.2) is 0 Å².